The molecule has 1 N–H and O–H groups in total. The van der Waals surface area contributed by atoms with E-state index in [2.05, 4.69) is 20.3 Å². The fraction of sp³-hybridized carbons (Fsp3) is 0.750. The number of nitrogens with one attached hydrogen (secondary N) is 1. The number of aromatic nitrogens is 1. The number of nitrogens with zero attached hydrogens (tertiary/aromatic N) is 3. The van der Waals surface area contributed by atoms with Crippen LogP contribution in [-0.4, -0.2) is 60.3 Å². The normalized spacial score (nSPS) is 23.8. The van der Waals surface area contributed by atoms with Gasteiger partial charge in [0.15, 0.2) is 0 Å². The van der Waals surface area contributed by atoms with Crippen molar-refractivity contribution in [3.05, 3.63) is 17.5 Å². The number of aryl methyl sites for hydroxylation is 1. The molecule has 94 valence electrons. The summed E-state index contributed by atoms with van der Waals surface area (Å²) in [7, 11) is 0. The van der Waals surface area contributed by atoms with Crippen LogP contribution in [0.1, 0.15) is 11.5 Å². The molecule has 0 aromatic carbocycles. The van der Waals surface area contributed by atoms with E-state index in [0.29, 0.717) is 0 Å². The minimum atomic E-state index is 0.784. The van der Waals surface area contributed by atoms with E-state index in [1.165, 1.54) is 26.2 Å². The Labute approximate surface area is 102 Å². The molecule has 2 aliphatic heterocycles. The maximum absolute atomic E-state index is 5.10. The van der Waals surface area contributed by atoms with E-state index in [-0.39, 0.29) is 0 Å². The molecule has 0 saturated carbocycles. The molecule has 5 heteroatoms. The number of rotatable bonds is 3. The fourth-order valence-electron chi connectivity index (χ4n) is 2.54. The molecular formula is C12H20N4O. The molecule has 3 rings (SSSR count). The first-order valence-electron chi connectivity index (χ1n) is 6.40. The van der Waals surface area contributed by atoms with E-state index in [1.54, 1.807) is 0 Å². The van der Waals surface area contributed by atoms with Crippen LogP contribution in [-0.2, 0) is 6.54 Å². The van der Waals surface area contributed by atoms with Gasteiger partial charge in [-0.3, -0.25) is 9.80 Å². The minimum absolute atomic E-state index is 0.784. The molecule has 2 aliphatic rings. The molecule has 5 nitrogen and oxygen atoms in total. The molecule has 0 spiro atoms. The van der Waals surface area contributed by atoms with E-state index in [1.807, 2.05) is 13.0 Å². The Morgan fingerprint density at radius 1 is 1.35 bits per heavy atom. The fourth-order valence-corrected chi connectivity index (χ4v) is 2.54. The van der Waals surface area contributed by atoms with Gasteiger partial charge in [-0.05, 0) is 6.92 Å². The predicted molar refractivity (Wildman–Crippen MR) is 64.7 cm³/mol. The first-order valence-corrected chi connectivity index (χ1v) is 6.40. The molecular weight excluding hydrogens is 216 g/mol. The average Bonchev–Trinajstić information content (AvgIpc) is 2.64. The molecule has 2 saturated heterocycles. The maximum Gasteiger partial charge on any atom is 0.133 e. The van der Waals surface area contributed by atoms with Crippen molar-refractivity contribution in [1.29, 1.82) is 0 Å². The zero-order chi connectivity index (χ0) is 11.7. The smallest absolute Gasteiger partial charge is 0.133 e. The van der Waals surface area contributed by atoms with Gasteiger partial charge in [-0.2, -0.15) is 0 Å². The summed E-state index contributed by atoms with van der Waals surface area (Å²) >= 11 is 0. The third-order valence-electron chi connectivity index (χ3n) is 3.75. The molecule has 3 heterocycles. The van der Waals surface area contributed by atoms with Crippen LogP contribution in [0.15, 0.2) is 10.6 Å². The van der Waals surface area contributed by atoms with Gasteiger partial charge in [0.05, 0.1) is 5.69 Å². The van der Waals surface area contributed by atoms with Crippen LogP contribution in [0, 0.1) is 6.92 Å². The van der Waals surface area contributed by atoms with Gasteiger partial charge in [-0.15, -0.1) is 0 Å². The van der Waals surface area contributed by atoms with Gasteiger partial charge in [0, 0.05) is 57.9 Å². The lowest BCUT2D eigenvalue weighted by atomic mass is 10.1. The summed E-state index contributed by atoms with van der Waals surface area (Å²) in [5.41, 5.74) is 1.06. The van der Waals surface area contributed by atoms with Gasteiger partial charge in [0.2, 0.25) is 0 Å². The zero-order valence-electron chi connectivity index (χ0n) is 10.4. The van der Waals surface area contributed by atoms with Crippen LogP contribution >= 0.6 is 0 Å². The lowest BCUT2D eigenvalue weighted by molar-refractivity contribution is 0.0685. The third-order valence-corrected chi connectivity index (χ3v) is 3.75. The first-order chi connectivity index (χ1) is 8.31. The monoisotopic (exact) mass is 236 g/mol. The SMILES string of the molecule is Cc1cc(CN2CCN(C3CNC3)CC2)no1. The Kier molecular flexibility index (Phi) is 3.13. The quantitative estimate of drug-likeness (QED) is 0.805. The van der Waals surface area contributed by atoms with Crippen molar-refractivity contribution in [3.8, 4) is 0 Å². The maximum atomic E-state index is 5.10. The molecule has 0 unspecified atom stereocenters. The highest BCUT2D eigenvalue weighted by Crippen LogP contribution is 2.12. The number of hydrogen-bond donors (Lipinski definition) is 1. The largest absolute Gasteiger partial charge is 0.361 e. The molecule has 0 aliphatic carbocycles. The number of hydrogen-bond acceptors (Lipinski definition) is 5. The Morgan fingerprint density at radius 2 is 2.12 bits per heavy atom. The molecule has 2 fully saturated rings. The highest BCUT2D eigenvalue weighted by Gasteiger charge is 2.27. The summed E-state index contributed by atoms with van der Waals surface area (Å²) in [5, 5.41) is 7.39. The van der Waals surface area contributed by atoms with Gasteiger partial charge >= 0.3 is 0 Å². The second kappa shape index (κ2) is 4.76. The molecule has 17 heavy (non-hydrogen) atoms. The van der Waals surface area contributed by atoms with Crippen molar-refractivity contribution in [2.45, 2.75) is 19.5 Å². The molecule has 0 radical (unpaired) electrons. The summed E-state index contributed by atoms with van der Waals surface area (Å²) in [6.45, 7) is 9.86. The Bertz CT molecular complexity index is 366. The Morgan fingerprint density at radius 3 is 2.65 bits per heavy atom. The van der Waals surface area contributed by atoms with Crippen molar-refractivity contribution < 1.29 is 4.52 Å². The Balaban J connectivity index is 1.47. The van der Waals surface area contributed by atoms with Crippen LogP contribution < -0.4 is 5.32 Å². The van der Waals surface area contributed by atoms with E-state index < -0.39 is 0 Å². The first kappa shape index (κ1) is 11.2. The van der Waals surface area contributed by atoms with Crippen molar-refractivity contribution >= 4 is 0 Å². The molecule has 0 bridgehead atoms. The summed E-state index contributed by atoms with van der Waals surface area (Å²) in [5.74, 6) is 0.902. The van der Waals surface area contributed by atoms with Crippen molar-refractivity contribution in [3.63, 3.8) is 0 Å². The average molecular weight is 236 g/mol. The molecule has 1 aromatic rings. The topological polar surface area (TPSA) is 44.5 Å². The van der Waals surface area contributed by atoms with E-state index >= 15 is 0 Å². The number of piperazine rings is 1. The second-order valence-corrected chi connectivity index (χ2v) is 5.05. The second-order valence-electron chi connectivity index (χ2n) is 5.05. The van der Waals surface area contributed by atoms with Gasteiger partial charge in [-0.1, -0.05) is 5.16 Å². The van der Waals surface area contributed by atoms with Gasteiger partial charge in [0.25, 0.3) is 0 Å². The summed E-state index contributed by atoms with van der Waals surface area (Å²) in [4.78, 5) is 5.06. The highest BCUT2D eigenvalue weighted by molar-refractivity contribution is 5.03. The van der Waals surface area contributed by atoms with Crippen LogP contribution in [0.2, 0.25) is 0 Å². The summed E-state index contributed by atoms with van der Waals surface area (Å²) < 4.78 is 5.10. The summed E-state index contributed by atoms with van der Waals surface area (Å²) in [6.07, 6.45) is 0. The van der Waals surface area contributed by atoms with Crippen LogP contribution in [0.3, 0.4) is 0 Å². The van der Waals surface area contributed by atoms with Crippen LogP contribution in [0.4, 0.5) is 0 Å². The van der Waals surface area contributed by atoms with E-state index in [0.717, 1.165) is 37.1 Å². The lowest BCUT2D eigenvalue weighted by Gasteiger charge is -2.43. The van der Waals surface area contributed by atoms with Gasteiger partial charge in [0.1, 0.15) is 5.76 Å². The summed E-state index contributed by atoms with van der Waals surface area (Å²) in [6, 6.07) is 2.81. The van der Waals surface area contributed by atoms with Crippen molar-refractivity contribution in [2.24, 2.45) is 0 Å². The van der Waals surface area contributed by atoms with E-state index in [4.69, 9.17) is 4.52 Å². The molecule has 0 amide bonds. The Hall–Kier alpha value is -0.910. The van der Waals surface area contributed by atoms with Crippen LogP contribution in [0.5, 0.6) is 0 Å². The van der Waals surface area contributed by atoms with E-state index in [9.17, 15) is 0 Å². The molecule has 1 aromatic heterocycles. The highest BCUT2D eigenvalue weighted by atomic mass is 16.5. The third kappa shape index (κ3) is 2.51. The van der Waals surface area contributed by atoms with Crippen molar-refractivity contribution in [1.82, 2.24) is 20.3 Å². The minimum Gasteiger partial charge on any atom is -0.361 e. The molecule has 0 atom stereocenters. The van der Waals surface area contributed by atoms with Crippen molar-refractivity contribution in [2.75, 3.05) is 39.3 Å². The van der Waals surface area contributed by atoms with Gasteiger partial charge in [-0.25, -0.2) is 0 Å². The lowest BCUT2D eigenvalue weighted by Crippen LogP contribution is -2.61. The predicted octanol–water partition coefficient (Wildman–Crippen LogP) is 0.0724. The zero-order valence-corrected chi connectivity index (χ0v) is 10.4. The van der Waals surface area contributed by atoms with Gasteiger partial charge < -0.3 is 9.84 Å². The van der Waals surface area contributed by atoms with Crippen LogP contribution in [0.25, 0.3) is 0 Å². The standard InChI is InChI=1S/C12H20N4O/c1-10-6-11(14-17-10)9-15-2-4-16(5-3-15)12-7-13-8-12/h6,12-13H,2-5,7-9H2,1H3.